The number of aromatic nitrogens is 2. The molecule has 0 saturated carbocycles. The summed E-state index contributed by atoms with van der Waals surface area (Å²) in [6, 6.07) is 1.61. The maximum atomic E-state index is 11.9. The third-order valence-corrected chi connectivity index (χ3v) is 3.58. The van der Waals surface area contributed by atoms with Crippen molar-refractivity contribution in [1.29, 1.82) is 0 Å². The first-order chi connectivity index (χ1) is 10.4. The number of nitrogens with one attached hydrogen (secondary N) is 2. The maximum Gasteiger partial charge on any atom is 0.320 e. The standard InChI is InChI=1S/C15H27N5O2/c1-11(2)9-20-5-6-22-13(10-20)8-16-15(21)17-14-7-12(3)18-19(14)4/h7,11,13H,5-6,8-10H2,1-4H3,(H2,16,17,21)/t13-/m1/s1. The van der Waals surface area contributed by atoms with Crippen molar-refractivity contribution in [3.8, 4) is 0 Å². The van der Waals surface area contributed by atoms with Gasteiger partial charge in [-0.15, -0.1) is 0 Å². The van der Waals surface area contributed by atoms with Crippen LogP contribution in [0.2, 0.25) is 0 Å². The lowest BCUT2D eigenvalue weighted by Gasteiger charge is -2.33. The highest BCUT2D eigenvalue weighted by Crippen LogP contribution is 2.09. The van der Waals surface area contributed by atoms with Gasteiger partial charge in [-0.3, -0.25) is 14.9 Å². The number of amides is 2. The van der Waals surface area contributed by atoms with Crippen LogP contribution in [0.5, 0.6) is 0 Å². The second-order valence-electron chi connectivity index (χ2n) is 6.28. The molecule has 1 aliphatic heterocycles. The van der Waals surface area contributed by atoms with Crippen molar-refractivity contribution in [2.24, 2.45) is 13.0 Å². The van der Waals surface area contributed by atoms with E-state index in [9.17, 15) is 4.79 Å². The molecule has 1 aliphatic rings. The van der Waals surface area contributed by atoms with Gasteiger partial charge in [0.05, 0.1) is 18.4 Å². The average Bonchev–Trinajstić information content (AvgIpc) is 2.74. The lowest BCUT2D eigenvalue weighted by molar-refractivity contribution is -0.0288. The van der Waals surface area contributed by atoms with Gasteiger partial charge in [0.2, 0.25) is 0 Å². The topological polar surface area (TPSA) is 71.4 Å². The molecular formula is C15H27N5O2. The predicted octanol–water partition coefficient (Wildman–Crippen LogP) is 1.21. The van der Waals surface area contributed by atoms with Crippen LogP contribution in [-0.2, 0) is 11.8 Å². The first-order valence-electron chi connectivity index (χ1n) is 7.83. The fraction of sp³-hybridized carbons (Fsp3) is 0.733. The van der Waals surface area contributed by atoms with Crippen LogP contribution in [-0.4, -0.2) is 59.6 Å². The Bertz CT molecular complexity index is 500. The van der Waals surface area contributed by atoms with Crippen molar-refractivity contribution >= 4 is 11.8 Å². The van der Waals surface area contributed by atoms with Gasteiger partial charge in [-0.25, -0.2) is 4.79 Å². The zero-order chi connectivity index (χ0) is 16.1. The normalized spacial score (nSPS) is 19.4. The van der Waals surface area contributed by atoms with E-state index in [4.69, 9.17) is 4.74 Å². The maximum absolute atomic E-state index is 11.9. The molecule has 7 heteroatoms. The number of carbonyl (C=O) groups excluding carboxylic acids is 1. The fourth-order valence-electron chi connectivity index (χ4n) is 2.68. The van der Waals surface area contributed by atoms with E-state index in [1.807, 2.05) is 13.0 Å². The first-order valence-corrected chi connectivity index (χ1v) is 7.83. The Morgan fingerprint density at radius 3 is 2.95 bits per heavy atom. The summed E-state index contributed by atoms with van der Waals surface area (Å²) in [6.45, 7) is 10.5. The van der Waals surface area contributed by atoms with Crippen LogP contribution in [0, 0.1) is 12.8 Å². The molecule has 1 saturated heterocycles. The number of nitrogens with zero attached hydrogens (tertiary/aromatic N) is 3. The second kappa shape index (κ2) is 7.60. The Balaban J connectivity index is 1.75. The third kappa shape index (κ3) is 4.99. The van der Waals surface area contributed by atoms with Gasteiger partial charge in [-0.2, -0.15) is 5.10 Å². The fourth-order valence-corrected chi connectivity index (χ4v) is 2.68. The molecule has 0 spiro atoms. The molecule has 22 heavy (non-hydrogen) atoms. The molecule has 2 amide bonds. The summed E-state index contributed by atoms with van der Waals surface area (Å²) < 4.78 is 7.37. The second-order valence-corrected chi connectivity index (χ2v) is 6.28. The average molecular weight is 309 g/mol. The van der Waals surface area contributed by atoms with Crippen molar-refractivity contribution in [3.63, 3.8) is 0 Å². The number of ether oxygens (including phenoxy) is 1. The van der Waals surface area contributed by atoms with E-state index >= 15 is 0 Å². The summed E-state index contributed by atoms with van der Waals surface area (Å²) in [5, 5.41) is 9.86. The lowest BCUT2D eigenvalue weighted by Crippen LogP contribution is -2.48. The molecule has 0 aromatic carbocycles. The van der Waals surface area contributed by atoms with Gasteiger partial charge in [0.1, 0.15) is 5.82 Å². The molecule has 2 rings (SSSR count). The van der Waals surface area contributed by atoms with Crippen LogP contribution in [0.3, 0.4) is 0 Å². The number of aryl methyl sites for hydroxylation is 2. The first kappa shape index (κ1) is 16.8. The number of anilines is 1. The molecule has 1 atom stereocenters. The summed E-state index contributed by atoms with van der Waals surface area (Å²) in [5.41, 5.74) is 0.873. The van der Waals surface area contributed by atoms with E-state index < -0.39 is 0 Å². The molecule has 124 valence electrons. The molecule has 2 N–H and O–H groups in total. The third-order valence-electron chi connectivity index (χ3n) is 3.58. The zero-order valence-electron chi connectivity index (χ0n) is 13.9. The minimum Gasteiger partial charge on any atom is -0.374 e. The molecule has 0 bridgehead atoms. The highest BCUT2D eigenvalue weighted by Gasteiger charge is 2.21. The Morgan fingerprint density at radius 2 is 2.32 bits per heavy atom. The molecule has 7 nitrogen and oxygen atoms in total. The highest BCUT2D eigenvalue weighted by atomic mass is 16.5. The van der Waals surface area contributed by atoms with Crippen LogP contribution in [0.1, 0.15) is 19.5 Å². The van der Waals surface area contributed by atoms with Gasteiger partial charge in [0.15, 0.2) is 0 Å². The van der Waals surface area contributed by atoms with Gasteiger partial charge in [-0.05, 0) is 12.8 Å². The molecule has 1 aromatic rings. The number of hydrogen-bond donors (Lipinski definition) is 2. The van der Waals surface area contributed by atoms with Crippen LogP contribution in [0.25, 0.3) is 0 Å². The van der Waals surface area contributed by atoms with Gasteiger partial charge in [-0.1, -0.05) is 13.8 Å². The van der Waals surface area contributed by atoms with Crippen molar-refractivity contribution in [1.82, 2.24) is 20.0 Å². The van der Waals surface area contributed by atoms with Crippen molar-refractivity contribution in [3.05, 3.63) is 11.8 Å². The number of morpholine rings is 1. The van der Waals surface area contributed by atoms with Crippen molar-refractivity contribution < 1.29 is 9.53 Å². The number of urea groups is 1. The summed E-state index contributed by atoms with van der Waals surface area (Å²) in [6.07, 6.45) is 0.0477. The van der Waals surface area contributed by atoms with Gasteiger partial charge in [0, 0.05) is 39.3 Å². The van der Waals surface area contributed by atoms with E-state index in [1.54, 1.807) is 11.7 Å². The summed E-state index contributed by atoms with van der Waals surface area (Å²) in [7, 11) is 1.80. The van der Waals surface area contributed by atoms with Crippen molar-refractivity contribution in [2.75, 3.05) is 38.1 Å². The molecular weight excluding hydrogens is 282 g/mol. The molecule has 2 heterocycles. The summed E-state index contributed by atoms with van der Waals surface area (Å²) >= 11 is 0. The minimum absolute atomic E-state index is 0.0477. The van der Waals surface area contributed by atoms with E-state index in [-0.39, 0.29) is 12.1 Å². The monoisotopic (exact) mass is 309 g/mol. The van der Waals surface area contributed by atoms with Gasteiger partial charge < -0.3 is 10.1 Å². The lowest BCUT2D eigenvalue weighted by atomic mass is 10.2. The van der Waals surface area contributed by atoms with E-state index in [0.717, 1.165) is 31.9 Å². The smallest absolute Gasteiger partial charge is 0.320 e. The molecule has 1 aromatic heterocycles. The van der Waals surface area contributed by atoms with Crippen LogP contribution < -0.4 is 10.6 Å². The van der Waals surface area contributed by atoms with E-state index in [1.165, 1.54) is 0 Å². The summed E-state index contributed by atoms with van der Waals surface area (Å²) in [5.74, 6) is 1.32. The summed E-state index contributed by atoms with van der Waals surface area (Å²) in [4.78, 5) is 14.3. The van der Waals surface area contributed by atoms with Gasteiger partial charge in [0.25, 0.3) is 0 Å². The SMILES string of the molecule is Cc1cc(NC(=O)NC[C@@H]2CN(CC(C)C)CCO2)n(C)n1. The van der Waals surface area contributed by atoms with Crippen LogP contribution in [0.4, 0.5) is 10.6 Å². The van der Waals surface area contributed by atoms with Crippen LogP contribution >= 0.6 is 0 Å². The highest BCUT2D eigenvalue weighted by molar-refractivity contribution is 5.88. The Kier molecular flexibility index (Phi) is 5.79. The van der Waals surface area contributed by atoms with E-state index in [2.05, 4.69) is 34.5 Å². The van der Waals surface area contributed by atoms with Crippen LogP contribution in [0.15, 0.2) is 6.07 Å². The van der Waals surface area contributed by atoms with Crippen molar-refractivity contribution in [2.45, 2.75) is 26.9 Å². The van der Waals surface area contributed by atoms with Gasteiger partial charge >= 0.3 is 6.03 Å². The predicted molar refractivity (Wildman–Crippen MR) is 86.0 cm³/mol. The zero-order valence-corrected chi connectivity index (χ0v) is 13.9. The number of carbonyl (C=O) groups is 1. The quantitative estimate of drug-likeness (QED) is 0.857. The Hall–Kier alpha value is -1.60. The molecule has 1 fully saturated rings. The molecule has 0 radical (unpaired) electrons. The molecule has 0 aliphatic carbocycles. The largest absolute Gasteiger partial charge is 0.374 e. The number of hydrogen-bond acceptors (Lipinski definition) is 4. The minimum atomic E-state index is -0.229. The number of rotatable bonds is 5. The Morgan fingerprint density at radius 1 is 1.55 bits per heavy atom. The molecule has 0 unspecified atom stereocenters. The van der Waals surface area contributed by atoms with E-state index in [0.29, 0.717) is 18.3 Å². The Labute approximate surface area is 132 Å².